The zero-order chi connectivity index (χ0) is 21.1. The number of hydrogen-bond acceptors (Lipinski definition) is 2. The minimum absolute atomic E-state index is 0.157. The summed E-state index contributed by atoms with van der Waals surface area (Å²) in [5, 5.41) is 0. The predicted molar refractivity (Wildman–Crippen MR) is 131 cm³/mol. The lowest BCUT2D eigenvalue weighted by Gasteiger charge is -2.42. The molecule has 0 bridgehead atoms. The van der Waals surface area contributed by atoms with Crippen LogP contribution in [0.1, 0.15) is 18.4 Å². The first kappa shape index (κ1) is 17.9. The number of benzene rings is 1. The van der Waals surface area contributed by atoms with E-state index in [4.69, 9.17) is 4.99 Å². The molecule has 2 atom stereocenters. The number of pyridine rings is 1. The molecule has 2 aromatic rings. The molecule has 1 aromatic carbocycles. The van der Waals surface area contributed by atoms with Gasteiger partial charge >= 0.3 is 0 Å². The van der Waals surface area contributed by atoms with Crippen LogP contribution in [-0.4, -0.2) is 17.2 Å². The standard InChI is InChI=1S/C30H22N2/c1-4-24(18-31-15-1)19-5-7-20(8-6-19)25-12-9-21-10-14-27-29-22(11-13-26(25)28(21)29)17-23-3-2-16-32-30(23)27/h1-10,12,14-18,28,30H,11,13H2. The molecular formula is C30H22N2. The molecule has 2 heterocycles. The van der Waals surface area contributed by atoms with Crippen molar-refractivity contribution in [1.82, 2.24) is 4.98 Å². The number of dihydropyridines is 1. The number of fused-ring (bicyclic) bond motifs is 2. The number of hydrogen-bond donors (Lipinski definition) is 0. The Morgan fingerprint density at radius 2 is 1.72 bits per heavy atom. The molecule has 2 nitrogen and oxygen atoms in total. The molecule has 0 amide bonds. The minimum Gasteiger partial charge on any atom is -0.280 e. The highest BCUT2D eigenvalue weighted by Gasteiger charge is 2.40. The average molecular weight is 411 g/mol. The van der Waals surface area contributed by atoms with Crippen molar-refractivity contribution < 1.29 is 0 Å². The topological polar surface area (TPSA) is 25.2 Å². The lowest BCUT2D eigenvalue weighted by molar-refractivity contribution is 0.686. The molecule has 4 aliphatic carbocycles. The normalized spacial score (nSPS) is 24.6. The summed E-state index contributed by atoms with van der Waals surface area (Å²) in [5.74, 6) is 0.371. The van der Waals surface area contributed by atoms with Gasteiger partial charge < -0.3 is 0 Å². The third-order valence-corrected chi connectivity index (χ3v) is 7.29. The van der Waals surface area contributed by atoms with E-state index in [1.54, 1.807) is 5.57 Å². The van der Waals surface area contributed by atoms with Gasteiger partial charge in [-0.3, -0.25) is 9.98 Å². The maximum Gasteiger partial charge on any atom is 0.100 e. The lowest BCUT2D eigenvalue weighted by Crippen LogP contribution is -2.30. The molecular weight excluding hydrogens is 388 g/mol. The van der Waals surface area contributed by atoms with Crippen LogP contribution in [0.4, 0.5) is 0 Å². The second-order valence-electron chi connectivity index (χ2n) is 8.96. The molecule has 0 saturated carbocycles. The van der Waals surface area contributed by atoms with E-state index in [1.807, 2.05) is 24.7 Å². The molecule has 1 aliphatic heterocycles. The van der Waals surface area contributed by atoms with E-state index in [1.165, 1.54) is 44.6 Å². The van der Waals surface area contributed by atoms with Crippen LogP contribution in [0.3, 0.4) is 0 Å². The van der Waals surface area contributed by atoms with Gasteiger partial charge in [0.1, 0.15) is 6.04 Å². The average Bonchev–Trinajstić information content (AvgIpc) is 2.87. The van der Waals surface area contributed by atoms with Gasteiger partial charge in [0.15, 0.2) is 0 Å². The third-order valence-electron chi connectivity index (χ3n) is 7.29. The third kappa shape index (κ3) is 2.59. The maximum atomic E-state index is 4.82. The number of allylic oxidation sites excluding steroid dienone is 10. The molecule has 2 unspecified atom stereocenters. The van der Waals surface area contributed by atoms with E-state index >= 15 is 0 Å². The van der Waals surface area contributed by atoms with Crippen molar-refractivity contribution in [2.45, 2.75) is 18.9 Å². The van der Waals surface area contributed by atoms with E-state index in [9.17, 15) is 0 Å². The van der Waals surface area contributed by atoms with E-state index in [0.29, 0.717) is 5.92 Å². The second-order valence-corrected chi connectivity index (χ2v) is 8.96. The molecule has 2 heteroatoms. The summed E-state index contributed by atoms with van der Waals surface area (Å²) < 4.78 is 0. The van der Waals surface area contributed by atoms with Crippen molar-refractivity contribution in [2.75, 3.05) is 0 Å². The second kappa shape index (κ2) is 6.86. The van der Waals surface area contributed by atoms with Crippen LogP contribution < -0.4 is 0 Å². The van der Waals surface area contributed by atoms with Crippen LogP contribution in [0.25, 0.3) is 16.7 Å². The van der Waals surface area contributed by atoms with Gasteiger partial charge in [0.25, 0.3) is 0 Å². The van der Waals surface area contributed by atoms with Crippen molar-refractivity contribution in [1.29, 1.82) is 0 Å². The molecule has 0 saturated heterocycles. The van der Waals surface area contributed by atoms with Gasteiger partial charge in [-0.1, -0.05) is 72.4 Å². The summed E-state index contributed by atoms with van der Waals surface area (Å²) in [6, 6.07) is 13.2. The number of rotatable bonds is 2. The van der Waals surface area contributed by atoms with Crippen LogP contribution in [0, 0.1) is 5.92 Å². The summed E-state index contributed by atoms with van der Waals surface area (Å²) in [4.78, 5) is 9.08. The molecule has 0 spiro atoms. The minimum atomic E-state index is 0.157. The molecule has 0 N–H and O–H groups in total. The van der Waals surface area contributed by atoms with E-state index in [0.717, 1.165) is 18.4 Å². The van der Waals surface area contributed by atoms with Gasteiger partial charge in [-0.25, -0.2) is 0 Å². The van der Waals surface area contributed by atoms with Crippen LogP contribution in [-0.2, 0) is 0 Å². The maximum absolute atomic E-state index is 4.82. The van der Waals surface area contributed by atoms with E-state index < -0.39 is 0 Å². The highest BCUT2D eigenvalue weighted by molar-refractivity contribution is 5.85. The monoisotopic (exact) mass is 410 g/mol. The highest BCUT2D eigenvalue weighted by atomic mass is 14.8. The lowest BCUT2D eigenvalue weighted by atomic mass is 9.63. The SMILES string of the molecule is C1=CC2=CC3=C4C(=CC=C5C=CC(c6ccc(-c7cccnc7)cc6)=C(CC3)C54)C2N=C1. The Bertz CT molecular complexity index is 1390. The van der Waals surface area contributed by atoms with Crippen LogP contribution >= 0.6 is 0 Å². The zero-order valence-corrected chi connectivity index (χ0v) is 17.7. The fraction of sp³-hybridized carbons (Fsp3) is 0.133. The Balaban J connectivity index is 1.33. The largest absolute Gasteiger partial charge is 0.280 e. The van der Waals surface area contributed by atoms with Crippen molar-refractivity contribution in [2.24, 2.45) is 10.9 Å². The first-order valence-electron chi connectivity index (χ1n) is 11.4. The Morgan fingerprint density at radius 3 is 2.59 bits per heavy atom. The van der Waals surface area contributed by atoms with E-state index in [-0.39, 0.29) is 6.04 Å². The summed E-state index contributed by atoms with van der Waals surface area (Å²) in [5.41, 5.74) is 13.8. The first-order valence-corrected chi connectivity index (χ1v) is 11.4. The van der Waals surface area contributed by atoms with E-state index in [2.05, 4.69) is 77.8 Å². The van der Waals surface area contributed by atoms with Gasteiger partial charge in [0.2, 0.25) is 0 Å². The zero-order valence-electron chi connectivity index (χ0n) is 17.7. The Morgan fingerprint density at radius 1 is 0.812 bits per heavy atom. The first-order chi connectivity index (χ1) is 15.9. The van der Waals surface area contributed by atoms with Crippen molar-refractivity contribution in [3.05, 3.63) is 130 Å². The summed E-state index contributed by atoms with van der Waals surface area (Å²) in [7, 11) is 0. The highest BCUT2D eigenvalue weighted by Crippen LogP contribution is 2.53. The predicted octanol–water partition coefficient (Wildman–Crippen LogP) is 6.59. The van der Waals surface area contributed by atoms with Crippen molar-refractivity contribution in [3.63, 3.8) is 0 Å². The van der Waals surface area contributed by atoms with Crippen LogP contribution in [0.15, 0.2) is 130 Å². The van der Waals surface area contributed by atoms with Gasteiger partial charge in [0, 0.05) is 24.5 Å². The smallest absolute Gasteiger partial charge is 0.100 e. The number of aromatic nitrogens is 1. The summed E-state index contributed by atoms with van der Waals surface area (Å²) in [6.07, 6.45) is 23.9. The van der Waals surface area contributed by atoms with Crippen LogP contribution in [0.5, 0.6) is 0 Å². The van der Waals surface area contributed by atoms with Gasteiger partial charge in [-0.2, -0.15) is 0 Å². The summed E-state index contributed by atoms with van der Waals surface area (Å²) in [6.45, 7) is 0. The van der Waals surface area contributed by atoms with Gasteiger partial charge in [0.05, 0.1) is 0 Å². The molecule has 0 fully saturated rings. The number of aliphatic imine (C=N–C) groups is 1. The van der Waals surface area contributed by atoms with Crippen molar-refractivity contribution in [3.8, 4) is 11.1 Å². The molecule has 7 rings (SSSR count). The summed E-state index contributed by atoms with van der Waals surface area (Å²) >= 11 is 0. The van der Waals surface area contributed by atoms with Crippen LogP contribution in [0.2, 0.25) is 0 Å². The molecule has 5 aliphatic rings. The molecule has 32 heavy (non-hydrogen) atoms. The van der Waals surface area contributed by atoms with Gasteiger partial charge in [-0.05, 0) is 75.1 Å². The fourth-order valence-electron chi connectivity index (χ4n) is 5.83. The molecule has 1 aromatic heterocycles. The fourth-order valence-corrected chi connectivity index (χ4v) is 5.83. The Hall–Kier alpha value is -3.78. The number of nitrogens with zero attached hydrogens (tertiary/aromatic N) is 2. The van der Waals surface area contributed by atoms with Gasteiger partial charge in [-0.15, -0.1) is 0 Å². The quantitative estimate of drug-likeness (QED) is 0.548. The Kier molecular flexibility index (Phi) is 3.83. The molecule has 0 radical (unpaired) electrons. The molecule has 152 valence electrons. The van der Waals surface area contributed by atoms with Crippen molar-refractivity contribution >= 4 is 11.8 Å². The Labute approximate surface area is 188 Å².